The van der Waals surface area contributed by atoms with E-state index in [4.69, 9.17) is 5.11 Å². The Morgan fingerprint density at radius 2 is 2.11 bits per heavy atom. The van der Waals surface area contributed by atoms with E-state index in [1.807, 2.05) is 0 Å². The summed E-state index contributed by atoms with van der Waals surface area (Å²) in [6.45, 7) is 0.160. The summed E-state index contributed by atoms with van der Waals surface area (Å²) < 4.78 is 4.55. The van der Waals surface area contributed by atoms with Gasteiger partial charge in [-0.1, -0.05) is 12.5 Å². The zero-order valence-corrected chi connectivity index (χ0v) is 10.8. The fraction of sp³-hybridized carbons (Fsp3) is 0.462. The maximum atomic E-state index is 11.5. The number of carbonyl (C=O) groups is 1. The summed E-state index contributed by atoms with van der Waals surface area (Å²) in [7, 11) is 1.19. The lowest BCUT2D eigenvalue weighted by atomic mass is 10.0. The van der Waals surface area contributed by atoms with E-state index >= 15 is 0 Å². The third-order valence-corrected chi connectivity index (χ3v) is 2.79. The zero-order valence-electron chi connectivity index (χ0n) is 10.8. The number of esters is 1. The first-order valence-electron chi connectivity index (χ1n) is 6.06. The van der Waals surface area contributed by atoms with E-state index in [-0.39, 0.29) is 17.9 Å². The van der Waals surface area contributed by atoms with E-state index in [0.29, 0.717) is 6.42 Å². The molecule has 19 heavy (non-hydrogen) atoms. The molecule has 1 aromatic carbocycles. The molecule has 0 spiro atoms. The lowest BCUT2D eigenvalue weighted by Crippen LogP contribution is -2.06. The van der Waals surface area contributed by atoms with Crippen molar-refractivity contribution in [1.29, 1.82) is 0 Å². The first kappa shape index (κ1) is 15.1. The molecule has 0 amide bonds. The monoisotopic (exact) mass is 267 g/mol. The van der Waals surface area contributed by atoms with Gasteiger partial charge in [-0.25, -0.2) is 4.79 Å². The number of ether oxygens (including phenoxy) is 1. The minimum Gasteiger partial charge on any atom is -0.465 e. The number of methoxy groups -OCH3 is 1. The number of hydrogen-bond donors (Lipinski definition) is 1. The highest BCUT2D eigenvalue weighted by Gasteiger charge is 2.20. The number of nitro groups is 1. The number of benzene rings is 1. The number of rotatable bonds is 7. The van der Waals surface area contributed by atoms with Crippen molar-refractivity contribution in [1.82, 2.24) is 0 Å². The lowest BCUT2D eigenvalue weighted by molar-refractivity contribution is -0.385. The van der Waals surface area contributed by atoms with Crippen molar-refractivity contribution < 1.29 is 19.6 Å². The van der Waals surface area contributed by atoms with E-state index in [1.54, 1.807) is 6.07 Å². The van der Waals surface area contributed by atoms with Crippen LogP contribution in [0.5, 0.6) is 0 Å². The zero-order chi connectivity index (χ0) is 14.3. The molecule has 0 atom stereocenters. The van der Waals surface area contributed by atoms with Gasteiger partial charge in [0.05, 0.1) is 12.0 Å². The van der Waals surface area contributed by atoms with Gasteiger partial charge in [-0.05, 0) is 30.9 Å². The van der Waals surface area contributed by atoms with Crippen LogP contribution in [-0.4, -0.2) is 29.7 Å². The lowest BCUT2D eigenvalue weighted by Gasteiger charge is -2.05. The van der Waals surface area contributed by atoms with Crippen molar-refractivity contribution >= 4 is 11.7 Å². The largest absolute Gasteiger partial charge is 0.465 e. The minimum absolute atomic E-state index is 0.0211. The average molecular weight is 267 g/mol. The van der Waals surface area contributed by atoms with Gasteiger partial charge in [-0.2, -0.15) is 0 Å². The molecule has 0 aliphatic heterocycles. The summed E-state index contributed by atoms with van der Waals surface area (Å²) in [5.74, 6) is -0.705. The predicted octanol–water partition coefficient (Wildman–Crippen LogP) is 2.09. The summed E-state index contributed by atoms with van der Waals surface area (Å²) in [5, 5.41) is 19.5. The standard InChI is InChI=1S/C13H17NO5/c1-19-13(16)11-9-10(5-3-2-4-8-15)6-7-12(11)14(17)18/h6-7,9,15H,2-5,8H2,1H3. The number of aliphatic hydroxyl groups is 1. The molecule has 104 valence electrons. The van der Waals surface area contributed by atoms with E-state index in [2.05, 4.69) is 4.74 Å². The summed E-state index contributed by atoms with van der Waals surface area (Å²) in [5.41, 5.74) is 0.585. The first-order valence-corrected chi connectivity index (χ1v) is 6.06. The Bertz CT molecular complexity index is 458. The molecule has 0 saturated carbocycles. The van der Waals surface area contributed by atoms with Crippen LogP contribution in [0.3, 0.4) is 0 Å². The summed E-state index contributed by atoms with van der Waals surface area (Å²) in [6, 6.07) is 4.47. The summed E-state index contributed by atoms with van der Waals surface area (Å²) in [4.78, 5) is 21.7. The topological polar surface area (TPSA) is 89.7 Å². The number of carbonyl (C=O) groups excluding carboxylic acids is 1. The van der Waals surface area contributed by atoms with Gasteiger partial charge in [-0.15, -0.1) is 0 Å². The van der Waals surface area contributed by atoms with Crippen LogP contribution in [0.2, 0.25) is 0 Å². The van der Waals surface area contributed by atoms with Crippen molar-refractivity contribution in [2.75, 3.05) is 13.7 Å². The number of nitrogens with zero attached hydrogens (tertiary/aromatic N) is 1. The molecule has 6 nitrogen and oxygen atoms in total. The number of nitro benzene ring substituents is 1. The van der Waals surface area contributed by atoms with Crippen LogP contribution in [0.25, 0.3) is 0 Å². The second-order valence-corrected chi connectivity index (χ2v) is 4.13. The number of hydrogen-bond acceptors (Lipinski definition) is 5. The Balaban J connectivity index is 2.86. The number of unbranched alkanes of at least 4 members (excludes halogenated alkanes) is 2. The highest BCUT2D eigenvalue weighted by molar-refractivity contribution is 5.94. The molecule has 1 N–H and O–H groups in total. The molecule has 0 heterocycles. The van der Waals surface area contributed by atoms with Crippen molar-refractivity contribution in [3.8, 4) is 0 Å². The first-order chi connectivity index (χ1) is 9.10. The average Bonchev–Trinajstić information content (AvgIpc) is 2.42. The molecule has 0 unspecified atom stereocenters. The molecule has 0 aliphatic rings. The third kappa shape index (κ3) is 4.33. The van der Waals surface area contributed by atoms with Crippen molar-refractivity contribution in [2.45, 2.75) is 25.7 Å². The molecule has 0 bridgehead atoms. The Morgan fingerprint density at radius 3 is 2.68 bits per heavy atom. The van der Waals surface area contributed by atoms with Gasteiger partial charge in [0.15, 0.2) is 0 Å². The summed E-state index contributed by atoms with van der Waals surface area (Å²) in [6.07, 6.45) is 3.18. The molecular weight excluding hydrogens is 250 g/mol. The third-order valence-electron chi connectivity index (χ3n) is 2.79. The smallest absolute Gasteiger partial charge is 0.344 e. The van der Waals surface area contributed by atoms with Crippen LogP contribution in [0.4, 0.5) is 5.69 Å². The molecule has 0 radical (unpaired) electrons. The van der Waals surface area contributed by atoms with Gasteiger partial charge >= 0.3 is 5.97 Å². The Morgan fingerprint density at radius 1 is 1.37 bits per heavy atom. The summed E-state index contributed by atoms with van der Waals surface area (Å²) >= 11 is 0. The van der Waals surface area contributed by atoms with E-state index in [9.17, 15) is 14.9 Å². The van der Waals surface area contributed by atoms with Gasteiger partial charge < -0.3 is 9.84 Å². The van der Waals surface area contributed by atoms with Crippen molar-refractivity contribution in [3.63, 3.8) is 0 Å². The Kier molecular flexibility index (Phi) is 5.95. The number of aliphatic hydroxyl groups excluding tert-OH is 1. The molecule has 0 aliphatic carbocycles. The van der Waals surface area contributed by atoms with Crippen LogP contribution < -0.4 is 0 Å². The fourth-order valence-corrected chi connectivity index (χ4v) is 1.79. The van der Waals surface area contributed by atoms with Gasteiger partial charge in [0.2, 0.25) is 0 Å². The van der Waals surface area contributed by atoms with Gasteiger partial charge in [-0.3, -0.25) is 10.1 Å². The maximum Gasteiger partial charge on any atom is 0.344 e. The quantitative estimate of drug-likeness (QED) is 0.353. The molecule has 1 rings (SSSR count). The van der Waals surface area contributed by atoms with Crippen LogP contribution in [-0.2, 0) is 11.2 Å². The fourth-order valence-electron chi connectivity index (χ4n) is 1.79. The molecule has 1 aromatic rings. The minimum atomic E-state index is -0.705. The van der Waals surface area contributed by atoms with Crippen LogP contribution in [0.1, 0.15) is 35.2 Å². The molecule has 0 aromatic heterocycles. The highest BCUT2D eigenvalue weighted by atomic mass is 16.6. The predicted molar refractivity (Wildman–Crippen MR) is 69.1 cm³/mol. The Labute approximate surface area is 111 Å². The van der Waals surface area contributed by atoms with Crippen molar-refractivity contribution in [2.24, 2.45) is 0 Å². The molecular formula is C13H17NO5. The van der Waals surface area contributed by atoms with Crippen molar-refractivity contribution in [3.05, 3.63) is 39.4 Å². The van der Waals surface area contributed by atoms with Crippen LogP contribution >= 0.6 is 0 Å². The second kappa shape index (κ2) is 7.48. The molecule has 0 saturated heterocycles. The van der Waals surface area contributed by atoms with E-state index in [0.717, 1.165) is 24.8 Å². The van der Waals surface area contributed by atoms with Crippen LogP contribution in [0, 0.1) is 10.1 Å². The Hall–Kier alpha value is -1.95. The maximum absolute atomic E-state index is 11.5. The van der Waals surface area contributed by atoms with E-state index in [1.165, 1.54) is 19.2 Å². The molecule has 6 heteroatoms. The van der Waals surface area contributed by atoms with Gasteiger partial charge in [0.25, 0.3) is 5.69 Å². The number of aryl methyl sites for hydroxylation is 1. The molecule has 0 fully saturated rings. The van der Waals surface area contributed by atoms with Gasteiger partial charge in [0.1, 0.15) is 5.56 Å². The normalized spacial score (nSPS) is 10.2. The SMILES string of the molecule is COC(=O)c1cc(CCCCCO)ccc1[N+](=O)[O-]. The second-order valence-electron chi connectivity index (χ2n) is 4.13. The van der Waals surface area contributed by atoms with Crippen LogP contribution in [0.15, 0.2) is 18.2 Å². The highest BCUT2D eigenvalue weighted by Crippen LogP contribution is 2.22. The van der Waals surface area contributed by atoms with Gasteiger partial charge in [0, 0.05) is 12.7 Å². The van der Waals surface area contributed by atoms with E-state index < -0.39 is 10.9 Å².